The SMILES string of the molecule is NC(=O)[C@@H]1Cc2cc(O)cc3c2N1C(=O)[C]N=C3c1ccccc1. The summed E-state index contributed by atoms with van der Waals surface area (Å²) in [5.74, 6) is -1.07. The van der Waals surface area contributed by atoms with Crippen LogP contribution in [0.4, 0.5) is 5.69 Å². The van der Waals surface area contributed by atoms with Crippen LogP contribution in [0.3, 0.4) is 0 Å². The molecule has 0 spiro atoms. The van der Waals surface area contributed by atoms with E-state index in [9.17, 15) is 14.7 Å². The standard InChI is InChI=1S/C18H13N3O3/c19-18(24)14-7-11-6-12(22)8-13-16(10-4-2-1-3-5-10)20-9-15(23)21(14)17(11)13/h1-6,8,14,22H,7H2,(H2,19,24)/t14-/m0/s1. The summed E-state index contributed by atoms with van der Waals surface area (Å²) in [5, 5.41) is 10.1. The number of primary amides is 1. The van der Waals surface area contributed by atoms with Gasteiger partial charge in [-0.25, -0.2) is 0 Å². The Morgan fingerprint density at radius 1 is 1.29 bits per heavy atom. The van der Waals surface area contributed by atoms with Gasteiger partial charge in [-0.2, -0.15) is 0 Å². The summed E-state index contributed by atoms with van der Waals surface area (Å²) in [4.78, 5) is 29.7. The van der Waals surface area contributed by atoms with Crippen LogP contribution in [0.5, 0.6) is 5.75 Å². The number of aliphatic imine (C=N–C) groups is 1. The first-order valence-electron chi connectivity index (χ1n) is 7.44. The van der Waals surface area contributed by atoms with Gasteiger partial charge in [-0.1, -0.05) is 30.3 Å². The Morgan fingerprint density at radius 3 is 2.75 bits per heavy atom. The number of carbonyl (C=O) groups is 2. The molecule has 6 heteroatoms. The Bertz CT molecular complexity index is 890. The molecular weight excluding hydrogens is 306 g/mol. The van der Waals surface area contributed by atoms with Gasteiger partial charge >= 0.3 is 0 Å². The number of anilines is 1. The third kappa shape index (κ3) is 2.07. The molecule has 2 radical (unpaired) electrons. The first-order valence-corrected chi connectivity index (χ1v) is 7.44. The minimum atomic E-state index is -0.800. The summed E-state index contributed by atoms with van der Waals surface area (Å²) >= 11 is 0. The number of benzene rings is 2. The molecule has 1 atom stereocenters. The fraction of sp³-hybridized carbons (Fsp3) is 0.111. The summed E-state index contributed by atoms with van der Waals surface area (Å²) in [6.07, 6.45) is 0.265. The minimum Gasteiger partial charge on any atom is -0.508 e. The Hall–Kier alpha value is -3.15. The number of nitrogens with two attached hydrogens (primary N) is 1. The van der Waals surface area contributed by atoms with Gasteiger partial charge in [0, 0.05) is 17.5 Å². The molecule has 2 heterocycles. The van der Waals surface area contributed by atoms with E-state index in [4.69, 9.17) is 5.73 Å². The van der Waals surface area contributed by atoms with E-state index in [1.165, 1.54) is 4.90 Å². The van der Waals surface area contributed by atoms with E-state index in [0.29, 0.717) is 22.5 Å². The highest BCUT2D eigenvalue weighted by atomic mass is 16.3. The zero-order valence-electron chi connectivity index (χ0n) is 12.6. The highest BCUT2D eigenvalue weighted by molar-refractivity contribution is 6.22. The van der Waals surface area contributed by atoms with Crippen LogP contribution in [0.15, 0.2) is 47.5 Å². The number of phenolic OH excluding ortho intramolecular Hbond substituents is 1. The summed E-state index contributed by atoms with van der Waals surface area (Å²) in [6.45, 7) is 2.46. The fourth-order valence-corrected chi connectivity index (χ4v) is 3.26. The van der Waals surface area contributed by atoms with Gasteiger partial charge in [0.1, 0.15) is 11.8 Å². The van der Waals surface area contributed by atoms with E-state index in [2.05, 4.69) is 11.5 Å². The van der Waals surface area contributed by atoms with E-state index >= 15 is 0 Å². The van der Waals surface area contributed by atoms with Crippen molar-refractivity contribution in [2.24, 2.45) is 10.7 Å². The lowest BCUT2D eigenvalue weighted by Gasteiger charge is -2.22. The number of hydrogen-bond acceptors (Lipinski definition) is 4. The molecule has 0 bridgehead atoms. The number of carbonyl (C=O) groups excluding carboxylic acids is 2. The van der Waals surface area contributed by atoms with Gasteiger partial charge < -0.3 is 10.8 Å². The van der Waals surface area contributed by atoms with Crippen LogP contribution in [0, 0.1) is 6.54 Å². The van der Waals surface area contributed by atoms with Gasteiger partial charge in [0.2, 0.25) is 12.5 Å². The van der Waals surface area contributed by atoms with Crippen molar-refractivity contribution in [1.82, 2.24) is 0 Å². The second-order valence-electron chi connectivity index (χ2n) is 5.74. The van der Waals surface area contributed by atoms with Gasteiger partial charge in [-0.3, -0.25) is 19.5 Å². The molecule has 2 aliphatic heterocycles. The summed E-state index contributed by atoms with van der Waals surface area (Å²) < 4.78 is 0. The van der Waals surface area contributed by atoms with Crippen molar-refractivity contribution in [3.63, 3.8) is 0 Å². The number of hydrogen-bond donors (Lipinski definition) is 2. The molecule has 2 aromatic carbocycles. The lowest BCUT2D eigenvalue weighted by atomic mass is 9.97. The smallest absolute Gasteiger partial charge is 0.262 e. The molecule has 0 saturated heterocycles. The Morgan fingerprint density at radius 2 is 2.04 bits per heavy atom. The Balaban J connectivity index is 1.97. The molecule has 0 aromatic heterocycles. The lowest BCUT2D eigenvalue weighted by Crippen LogP contribution is -2.46. The number of phenols is 1. The number of rotatable bonds is 2. The summed E-state index contributed by atoms with van der Waals surface area (Å²) in [7, 11) is 0. The Kier molecular flexibility index (Phi) is 3.13. The molecular formula is C18H13N3O3. The highest BCUT2D eigenvalue weighted by Crippen LogP contribution is 2.41. The molecule has 2 amide bonds. The van der Waals surface area contributed by atoms with Crippen molar-refractivity contribution in [2.45, 2.75) is 12.5 Å². The molecule has 3 N–H and O–H groups in total. The number of nitrogens with zero attached hydrogens (tertiary/aromatic N) is 2. The van der Waals surface area contributed by atoms with E-state index in [1.54, 1.807) is 12.1 Å². The van der Waals surface area contributed by atoms with Crippen LogP contribution >= 0.6 is 0 Å². The maximum Gasteiger partial charge on any atom is 0.262 e. The van der Waals surface area contributed by atoms with Crippen molar-refractivity contribution in [3.8, 4) is 5.75 Å². The van der Waals surface area contributed by atoms with E-state index in [1.807, 2.05) is 30.3 Å². The molecule has 2 aliphatic rings. The van der Waals surface area contributed by atoms with Gasteiger partial charge in [-0.15, -0.1) is 0 Å². The van der Waals surface area contributed by atoms with Crippen molar-refractivity contribution >= 4 is 23.2 Å². The maximum atomic E-state index is 12.5. The summed E-state index contributed by atoms with van der Waals surface area (Å²) in [6, 6.07) is 11.6. The maximum absolute atomic E-state index is 12.5. The fourth-order valence-electron chi connectivity index (χ4n) is 3.26. The van der Waals surface area contributed by atoms with E-state index in [-0.39, 0.29) is 12.2 Å². The molecule has 2 aromatic rings. The van der Waals surface area contributed by atoms with Crippen molar-refractivity contribution in [3.05, 3.63) is 65.7 Å². The van der Waals surface area contributed by atoms with Crippen LogP contribution in [0.2, 0.25) is 0 Å². The molecule has 6 nitrogen and oxygen atoms in total. The Labute approximate surface area is 138 Å². The van der Waals surface area contributed by atoms with Crippen molar-refractivity contribution < 1.29 is 14.7 Å². The second kappa shape index (κ2) is 5.19. The van der Waals surface area contributed by atoms with Crippen LogP contribution in [-0.2, 0) is 16.0 Å². The zero-order chi connectivity index (χ0) is 16.8. The van der Waals surface area contributed by atoms with Gasteiger partial charge in [0.15, 0.2) is 0 Å². The molecule has 4 rings (SSSR count). The minimum absolute atomic E-state index is 0.0480. The van der Waals surface area contributed by atoms with Crippen molar-refractivity contribution in [2.75, 3.05) is 4.90 Å². The lowest BCUT2D eigenvalue weighted by molar-refractivity contribution is -0.122. The molecule has 118 valence electrons. The quantitative estimate of drug-likeness (QED) is 0.865. The van der Waals surface area contributed by atoms with Crippen LogP contribution in [0.25, 0.3) is 0 Å². The monoisotopic (exact) mass is 319 g/mol. The van der Waals surface area contributed by atoms with Crippen LogP contribution in [-0.4, -0.2) is 28.7 Å². The molecule has 0 saturated carbocycles. The zero-order valence-corrected chi connectivity index (χ0v) is 12.6. The molecule has 24 heavy (non-hydrogen) atoms. The molecule has 0 aliphatic carbocycles. The van der Waals surface area contributed by atoms with Gasteiger partial charge in [-0.05, 0) is 17.7 Å². The van der Waals surface area contributed by atoms with Crippen LogP contribution < -0.4 is 10.6 Å². The van der Waals surface area contributed by atoms with Gasteiger partial charge in [0.25, 0.3) is 5.91 Å². The van der Waals surface area contributed by atoms with E-state index < -0.39 is 17.9 Å². The third-order valence-electron chi connectivity index (χ3n) is 4.25. The average molecular weight is 319 g/mol. The predicted octanol–water partition coefficient (Wildman–Crippen LogP) is 1.02. The summed E-state index contributed by atoms with van der Waals surface area (Å²) in [5.41, 5.74) is 8.59. The third-order valence-corrected chi connectivity index (χ3v) is 4.25. The normalized spacial score (nSPS) is 18.8. The van der Waals surface area contributed by atoms with Crippen LogP contribution in [0.1, 0.15) is 16.7 Å². The largest absolute Gasteiger partial charge is 0.508 e. The first kappa shape index (κ1) is 14.4. The van der Waals surface area contributed by atoms with E-state index in [0.717, 1.165) is 5.56 Å². The molecule has 0 fully saturated rings. The average Bonchev–Trinajstić information content (AvgIpc) is 2.88. The molecule has 0 unspecified atom stereocenters. The topological polar surface area (TPSA) is 96.0 Å². The number of amides is 2. The van der Waals surface area contributed by atoms with Crippen molar-refractivity contribution in [1.29, 1.82) is 0 Å². The predicted molar refractivity (Wildman–Crippen MR) is 87.6 cm³/mol. The van der Waals surface area contributed by atoms with Gasteiger partial charge in [0.05, 0.1) is 11.4 Å². The highest BCUT2D eigenvalue weighted by Gasteiger charge is 2.41. The number of aromatic hydroxyl groups is 1. The first-order chi connectivity index (χ1) is 11.6. The second-order valence-corrected chi connectivity index (χ2v) is 5.74.